The second-order valence-electron chi connectivity index (χ2n) is 4.90. The van der Waals surface area contributed by atoms with Gasteiger partial charge in [0, 0.05) is 31.5 Å². The number of nitrogens with zero attached hydrogens (tertiary/aromatic N) is 1. The average molecular weight is 250 g/mol. The van der Waals surface area contributed by atoms with Crippen LogP contribution in [-0.4, -0.2) is 35.8 Å². The summed E-state index contributed by atoms with van der Waals surface area (Å²) in [6.07, 6.45) is 1.98. The van der Waals surface area contributed by atoms with Crippen LogP contribution in [0.5, 0.6) is 0 Å². The van der Waals surface area contributed by atoms with Crippen molar-refractivity contribution in [3.05, 3.63) is 24.2 Å². The van der Waals surface area contributed by atoms with Crippen LogP contribution in [0, 0.1) is 5.92 Å². The van der Waals surface area contributed by atoms with Gasteiger partial charge in [-0.15, -0.1) is 0 Å². The van der Waals surface area contributed by atoms with E-state index in [1.807, 2.05) is 18.7 Å². The molecule has 1 saturated heterocycles. The molecule has 0 aliphatic carbocycles. The third-order valence-electron chi connectivity index (χ3n) is 3.16. The van der Waals surface area contributed by atoms with Crippen molar-refractivity contribution in [2.24, 2.45) is 5.92 Å². The Balaban J connectivity index is 1.82. The second kappa shape index (κ2) is 5.25. The Kier molecular flexibility index (Phi) is 3.69. The summed E-state index contributed by atoms with van der Waals surface area (Å²) in [5.41, 5.74) is 0. The molecule has 1 aliphatic rings. The van der Waals surface area contributed by atoms with E-state index in [0.29, 0.717) is 18.7 Å². The van der Waals surface area contributed by atoms with Crippen LogP contribution < -0.4 is 5.32 Å². The molecule has 1 unspecified atom stereocenters. The molecular formula is C13H18N2O3. The molecule has 0 aromatic carbocycles. The SMILES string of the molecule is CC(C)N1CC(CNC(=O)c2ccco2)CC1=O. The largest absolute Gasteiger partial charge is 0.459 e. The number of hydrogen-bond donors (Lipinski definition) is 1. The average Bonchev–Trinajstić information content (AvgIpc) is 2.94. The number of nitrogens with one attached hydrogen (secondary N) is 1. The molecule has 98 valence electrons. The van der Waals surface area contributed by atoms with E-state index < -0.39 is 0 Å². The zero-order chi connectivity index (χ0) is 13.1. The van der Waals surface area contributed by atoms with Gasteiger partial charge in [-0.2, -0.15) is 0 Å². The van der Waals surface area contributed by atoms with Gasteiger partial charge in [0.25, 0.3) is 5.91 Å². The van der Waals surface area contributed by atoms with E-state index >= 15 is 0 Å². The van der Waals surface area contributed by atoms with Crippen molar-refractivity contribution >= 4 is 11.8 Å². The summed E-state index contributed by atoms with van der Waals surface area (Å²) in [6.45, 7) is 5.23. The van der Waals surface area contributed by atoms with E-state index in [2.05, 4.69) is 5.32 Å². The van der Waals surface area contributed by atoms with E-state index in [0.717, 1.165) is 6.54 Å². The molecule has 0 spiro atoms. The number of furan rings is 1. The molecule has 0 saturated carbocycles. The number of likely N-dealkylation sites (tertiary alicyclic amines) is 1. The maximum Gasteiger partial charge on any atom is 0.286 e. The molecule has 1 fully saturated rings. The summed E-state index contributed by atoms with van der Waals surface area (Å²) in [5, 5.41) is 2.80. The molecule has 5 heteroatoms. The van der Waals surface area contributed by atoms with Crippen LogP contribution in [0.2, 0.25) is 0 Å². The Morgan fingerprint density at radius 1 is 1.61 bits per heavy atom. The van der Waals surface area contributed by atoms with Gasteiger partial charge in [-0.3, -0.25) is 9.59 Å². The number of carbonyl (C=O) groups is 2. The van der Waals surface area contributed by atoms with E-state index in [4.69, 9.17) is 4.42 Å². The lowest BCUT2D eigenvalue weighted by Crippen LogP contribution is -2.34. The quantitative estimate of drug-likeness (QED) is 0.875. The number of carbonyl (C=O) groups excluding carboxylic acids is 2. The summed E-state index contributed by atoms with van der Waals surface area (Å²) in [4.78, 5) is 25.2. The molecule has 0 bridgehead atoms. The molecule has 0 radical (unpaired) electrons. The lowest BCUT2D eigenvalue weighted by Gasteiger charge is -2.20. The van der Waals surface area contributed by atoms with Crippen molar-refractivity contribution in [3.8, 4) is 0 Å². The monoisotopic (exact) mass is 250 g/mol. The summed E-state index contributed by atoms with van der Waals surface area (Å²) in [5.74, 6) is 0.441. The van der Waals surface area contributed by atoms with Gasteiger partial charge in [0.05, 0.1) is 6.26 Å². The Labute approximate surface area is 106 Å². The molecule has 18 heavy (non-hydrogen) atoms. The van der Waals surface area contributed by atoms with E-state index in [1.165, 1.54) is 6.26 Å². The fourth-order valence-corrected chi connectivity index (χ4v) is 2.18. The molecule has 1 atom stereocenters. The van der Waals surface area contributed by atoms with Crippen LogP contribution in [-0.2, 0) is 4.79 Å². The highest BCUT2D eigenvalue weighted by atomic mass is 16.3. The first-order chi connectivity index (χ1) is 8.58. The van der Waals surface area contributed by atoms with Gasteiger partial charge in [0.2, 0.25) is 5.91 Å². The van der Waals surface area contributed by atoms with Gasteiger partial charge in [0.15, 0.2) is 5.76 Å². The predicted octanol–water partition coefficient (Wildman–Crippen LogP) is 1.27. The minimum Gasteiger partial charge on any atom is -0.459 e. The molecule has 5 nitrogen and oxygen atoms in total. The first-order valence-corrected chi connectivity index (χ1v) is 6.19. The molecule has 2 rings (SSSR count). The molecule has 1 N–H and O–H groups in total. The van der Waals surface area contributed by atoms with E-state index in [-0.39, 0.29) is 23.8 Å². The van der Waals surface area contributed by atoms with Gasteiger partial charge in [-0.1, -0.05) is 0 Å². The predicted molar refractivity (Wildman–Crippen MR) is 66.0 cm³/mol. The third-order valence-corrected chi connectivity index (χ3v) is 3.16. The zero-order valence-corrected chi connectivity index (χ0v) is 10.7. The van der Waals surface area contributed by atoms with Crippen molar-refractivity contribution in [1.29, 1.82) is 0 Å². The Morgan fingerprint density at radius 2 is 2.39 bits per heavy atom. The normalized spacial score (nSPS) is 19.6. The third kappa shape index (κ3) is 2.72. The van der Waals surface area contributed by atoms with Crippen LogP contribution in [0.1, 0.15) is 30.8 Å². The highest BCUT2D eigenvalue weighted by Gasteiger charge is 2.31. The molecule has 1 aromatic heterocycles. The van der Waals surface area contributed by atoms with Crippen LogP contribution in [0.15, 0.2) is 22.8 Å². The Morgan fingerprint density at radius 3 is 2.94 bits per heavy atom. The van der Waals surface area contributed by atoms with Gasteiger partial charge in [-0.25, -0.2) is 0 Å². The fraction of sp³-hybridized carbons (Fsp3) is 0.538. The molecule has 2 amide bonds. The Hall–Kier alpha value is -1.78. The van der Waals surface area contributed by atoms with Crippen molar-refractivity contribution < 1.29 is 14.0 Å². The molecule has 1 aromatic rings. The van der Waals surface area contributed by atoms with E-state index in [1.54, 1.807) is 12.1 Å². The van der Waals surface area contributed by atoms with Crippen molar-refractivity contribution in [1.82, 2.24) is 10.2 Å². The summed E-state index contributed by atoms with van der Waals surface area (Å²) >= 11 is 0. The maximum absolute atomic E-state index is 11.7. The minimum absolute atomic E-state index is 0.169. The first-order valence-electron chi connectivity index (χ1n) is 6.19. The highest BCUT2D eigenvalue weighted by Crippen LogP contribution is 2.19. The zero-order valence-electron chi connectivity index (χ0n) is 10.7. The van der Waals surface area contributed by atoms with Crippen molar-refractivity contribution in [2.75, 3.05) is 13.1 Å². The first kappa shape index (κ1) is 12.7. The van der Waals surface area contributed by atoms with Gasteiger partial charge in [-0.05, 0) is 26.0 Å². The lowest BCUT2D eigenvalue weighted by molar-refractivity contribution is -0.129. The molecule has 2 heterocycles. The van der Waals surface area contributed by atoms with Crippen LogP contribution >= 0.6 is 0 Å². The smallest absolute Gasteiger partial charge is 0.286 e. The number of amides is 2. The lowest BCUT2D eigenvalue weighted by atomic mass is 10.1. The van der Waals surface area contributed by atoms with Crippen molar-refractivity contribution in [3.63, 3.8) is 0 Å². The van der Waals surface area contributed by atoms with Crippen molar-refractivity contribution in [2.45, 2.75) is 26.3 Å². The number of hydrogen-bond acceptors (Lipinski definition) is 3. The Bertz CT molecular complexity index is 425. The van der Waals surface area contributed by atoms with Gasteiger partial charge < -0.3 is 14.6 Å². The topological polar surface area (TPSA) is 62.6 Å². The van der Waals surface area contributed by atoms with Crippen LogP contribution in [0.25, 0.3) is 0 Å². The summed E-state index contributed by atoms with van der Waals surface area (Å²) < 4.78 is 5.00. The van der Waals surface area contributed by atoms with Gasteiger partial charge in [0.1, 0.15) is 0 Å². The van der Waals surface area contributed by atoms with Gasteiger partial charge >= 0.3 is 0 Å². The molecular weight excluding hydrogens is 232 g/mol. The van der Waals surface area contributed by atoms with Crippen LogP contribution in [0.4, 0.5) is 0 Å². The van der Waals surface area contributed by atoms with Crippen LogP contribution in [0.3, 0.4) is 0 Å². The second-order valence-corrected chi connectivity index (χ2v) is 4.90. The fourth-order valence-electron chi connectivity index (χ4n) is 2.18. The minimum atomic E-state index is -0.226. The highest BCUT2D eigenvalue weighted by molar-refractivity contribution is 5.91. The summed E-state index contributed by atoms with van der Waals surface area (Å²) in [6, 6.07) is 3.52. The maximum atomic E-state index is 11.7. The standard InChI is InChI=1S/C13H18N2O3/c1-9(2)15-8-10(6-12(15)16)7-14-13(17)11-4-3-5-18-11/h3-5,9-10H,6-8H2,1-2H3,(H,14,17). The van der Waals surface area contributed by atoms with E-state index in [9.17, 15) is 9.59 Å². The number of rotatable bonds is 4. The molecule has 1 aliphatic heterocycles. The summed E-state index contributed by atoms with van der Waals surface area (Å²) in [7, 11) is 0.